The Labute approximate surface area is 168 Å². The number of hydrogen-bond acceptors (Lipinski definition) is 5. The Kier molecular flexibility index (Phi) is 4.21. The summed E-state index contributed by atoms with van der Waals surface area (Å²) in [6.45, 7) is 0. The summed E-state index contributed by atoms with van der Waals surface area (Å²) < 4.78 is 20.2. The van der Waals surface area contributed by atoms with E-state index in [1.807, 2.05) is 0 Å². The van der Waals surface area contributed by atoms with Crippen LogP contribution in [0.4, 0.5) is 10.2 Å². The highest BCUT2D eigenvalue weighted by Gasteiger charge is 2.26. The lowest BCUT2D eigenvalue weighted by Crippen LogP contribution is -2.22. The van der Waals surface area contributed by atoms with Crippen molar-refractivity contribution in [2.45, 2.75) is 11.5 Å². The first kappa shape index (κ1) is 17.7. The van der Waals surface area contributed by atoms with E-state index >= 15 is 0 Å². The third kappa shape index (κ3) is 3.11. The average Bonchev–Trinajstić information content (AvgIpc) is 3.31. The van der Waals surface area contributed by atoms with Crippen molar-refractivity contribution in [1.82, 2.24) is 9.78 Å². The van der Waals surface area contributed by atoms with Gasteiger partial charge >= 0.3 is 5.63 Å². The number of nitrogens with one attached hydrogen (secondary N) is 1. The number of halogens is 1. The van der Waals surface area contributed by atoms with E-state index in [9.17, 15) is 14.0 Å². The van der Waals surface area contributed by atoms with Crippen molar-refractivity contribution in [2.75, 3.05) is 5.32 Å². The van der Waals surface area contributed by atoms with Gasteiger partial charge < -0.3 is 9.73 Å². The van der Waals surface area contributed by atoms with E-state index in [2.05, 4.69) is 10.4 Å². The summed E-state index contributed by atoms with van der Waals surface area (Å²) in [5.41, 5.74) is 2.00. The summed E-state index contributed by atoms with van der Waals surface area (Å²) >= 11 is 1.69. The van der Waals surface area contributed by atoms with Crippen LogP contribution in [-0.4, -0.2) is 15.7 Å². The number of aromatic nitrogens is 2. The average molecular weight is 407 g/mol. The SMILES string of the molecule is O=C(Nc1c2c(nn1-c1ccc(F)cc1)CSC2)c1cc2ccccc2oc1=O. The van der Waals surface area contributed by atoms with Crippen LogP contribution in [0.3, 0.4) is 0 Å². The largest absolute Gasteiger partial charge is 0.422 e. The highest BCUT2D eigenvalue weighted by Crippen LogP contribution is 2.36. The standard InChI is InChI=1S/C21H14FN3O3S/c22-13-5-7-14(8-6-13)25-19(16-10-29-11-17(16)24-25)23-20(26)15-9-12-3-1-2-4-18(12)28-21(15)27/h1-9H,10-11H2,(H,23,26). The zero-order valence-electron chi connectivity index (χ0n) is 15.0. The molecule has 1 N–H and O–H groups in total. The quantitative estimate of drug-likeness (QED) is 0.517. The molecule has 8 heteroatoms. The number of para-hydroxylation sites is 1. The van der Waals surface area contributed by atoms with Crippen LogP contribution in [0.1, 0.15) is 21.6 Å². The second-order valence-electron chi connectivity index (χ2n) is 6.59. The zero-order chi connectivity index (χ0) is 20.0. The maximum absolute atomic E-state index is 13.3. The van der Waals surface area contributed by atoms with Crippen molar-refractivity contribution < 1.29 is 13.6 Å². The van der Waals surface area contributed by atoms with Crippen LogP contribution in [0.2, 0.25) is 0 Å². The minimum absolute atomic E-state index is 0.0880. The number of fused-ring (bicyclic) bond motifs is 2. The van der Waals surface area contributed by atoms with Gasteiger partial charge in [-0.2, -0.15) is 16.9 Å². The molecular weight excluding hydrogens is 393 g/mol. The van der Waals surface area contributed by atoms with Crippen molar-refractivity contribution in [2.24, 2.45) is 0 Å². The molecule has 0 saturated heterocycles. The molecule has 1 aliphatic heterocycles. The highest BCUT2D eigenvalue weighted by molar-refractivity contribution is 7.98. The van der Waals surface area contributed by atoms with Gasteiger partial charge in [-0.15, -0.1) is 0 Å². The molecule has 0 bridgehead atoms. The van der Waals surface area contributed by atoms with Crippen LogP contribution < -0.4 is 10.9 Å². The maximum atomic E-state index is 13.3. The molecule has 2 aromatic carbocycles. The summed E-state index contributed by atoms with van der Waals surface area (Å²) in [5.74, 6) is 0.966. The van der Waals surface area contributed by atoms with Gasteiger partial charge in [0.1, 0.15) is 22.8 Å². The number of benzene rings is 2. The number of anilines is 1. The second-order valence-corrected chi connectivity index (χ2v) is 7.58. The number of amides is 1. The van der Waals surface area contributed by atoms with Crippen LogP contribution in [0, 0.1) is 5.82 Å². The molecule has 0 unspecified atom stereocenters. The smallest absolute Gasteiger partial charge is 0.349 e. The van der Waals surface area contributed by atoms with E-state index < -0.39 is 11.5 Å². The lowest BCUT2D eigenvalue weighted by atomic mass is 10.1. The minimum Gasteiger partial charge on any atom is -0.422 e. The molecule has 0 fully saturated rings. The van der Waals surface area contributed by atoms with E-state index in [0.717, 1.165) is 17.0 Å². The van der Waals surface area contributed by atoms with E-state index in [-0.39, 0.29) is 11.4 Å². The molecule has 5 rings (SSSR count). The van der Waals surface area contributed by atoms with Gasteiger partial charge in [-0.25, -0.2) is 13.9 Å². The van der Waals surface area contributed by atoms with Gasteiger partial charge in [-0.05, 0) is 36.4 Å². The van der Waals surface area contributed by atoms with E-state index in [4.69, 9.17) is 4.42 Å². The molecule has 29 heavy (non-hydrogen) atoms. The molecule has 144 valence electrons. The van der Waals surface area contributed by atoms with E-state index in [1.54, 1.807) is 52.8 Å². The molecule has 3 heterocycles. The molecule has 0 radical (unpaired) electrons. The molecule has 0 aliphatic carbocycles. The van der Waals surface area contributed by atoms with Gasteiger partial charge in [0.05, 0.1) is 11.4 Å². The molecule has 2 aromatic heterocycles. The summed E-state index contributed by atoms with van der Waals surface area (Å²) in [4.78, 5) is 25.3. The van der Waals surface area contributed by atoms with Gasteiger partial charge in [-0.1, -0.05) is 18.2 Å². The van der Waals surface area contributed by atoms with E-state index in [1.165, 1.54) is 18.2 Å². The number of hydrogen-bond donors (Lipinski definition) is 1. The lowest BCUT2D eigenvalue weighted by Gasteiger charge is -2.11. The third-order valence-electron chi connectivity index (χ3n) is 4.74. The van der Waals surface area contributed by atoms with Crippen molar-refractivity contribution >= 4 is 34.5 Å². The number of carbonyl (C=O) groups excluding carboxylic acids is 1. The normalized spacial score (nSPS) is 12.9. The number of thioether (sulfide) groups is 1. The zero-order valence-corrected chi connectivity index (χ0v) is 15.8. The number of rotatable bonds is 3. The monoisotopic (exact) mass is 407 g/mol. The van der Waals surface area contributed by atoms with Gasteiger partial charge in [0.2, 0.25) is 0 Å². The molecule has 1 aliphatic rings. The molecule has 0 saturated carbocycles. The Balaban J connectivity index is 1.57. The van der Waals surface area contributed by atoms with Crippen molar-refractivity contribution in [3.63, 3.8) is 0 Å². The summed E-state index contributed by atoms with van der Waals surface area (Å²) in [6, 6.07) is 14.4. The van der Waals surface area contributed by atoms with Gasteiger partial charge in [0.15, 0.2) is 0 Å². The first-order valence-corrected chi connectivity index (χ1v) is 10.0. The van der Waals surface area contributed by atoms with Crippen LogP contribution >= 0.6 is 11.8 Å². The predicted molar refractivity (Wildman–Crippen MR) is 109 cm³/mol. The predicted octanol–water partition coefficient (Wildman–Crippen LogP) is 4.12. The number of carbonyl (C=O) groups is 1. The fraction of sp³-hybridized carbons (Fsp3) is 0.0952. The van der Waals surface area contributed by atoms with Crippen LogP contribution in [0.15, 0.2) is 63.8 Å². The van der Waals surface area contributed by atoms with Crippen molar-refractivity contribution in [3.8, 4) is 5.69 Å². The van der Waals surface area contributed by atoms with Crippen LogP contribution in [0.25, 0.3) is 16.7 Å². The Morgan fingerprint density at radius 2 is 1.93 bits per heavy atom. The van der Waals surface area contributed by atoms with Crippen molar-refractivity contribution in [1.29, 1.82) is 0 Å². The fourth-order valence-corrected chi connectivity index (χ4v) is 4.34. The Morgan fingerprint density at radius 3 is 2.76 bits per heavy atom. The van der Waals surface area contributed by atoms with Crippen LogP contribution in [0.5, 0.6) is 0 Å². The second kappa shape index (κ2) is 6.89. The van der Waals surface area contributed by atoms with Crippen LogP contribution in [-0.2, 0) is 11.5 Å². The fourth-order valence-electron chi connectivity index (χ4n) is 3.31. The number of nitrogens with zero attached hydrogens (tertiary/aromatic N) is 2. The van der Waals surface area contributed by atoms with Gasteiger partial charge in [-0.3, -0.25) is 4.79 Å². The molecule has 0 spiro atoms. The Hall–Kier alpha value is -3.39. The topological polar surface area (TPSA) is 77.1 Å². The molecule has 6 nitrogen and oxygen atoms in total. The maximum Gasteiger partial charge on any atom is 0.349 e. The highest BCUT2D eigenvalue weighted by atomic mass is 32.2. The minimum atomic E-state index is -0.708. The first-order valence-electron chi connectivity index (χ1n) is 8.89. The van der Waals surface area contributed by atoms with E-state index in [0.29, 0.717) is 28.2 Å². The molecular formula is C21H14FN3O3S. The first-order chi connectivity index (χ1) is 14.1. The summed E-state index contributed by atoms with van der Waals surface area (Å²) in [5, 5.41) is 8.04. The molecule has 1 amide bonds. The third-order valence-corrected chi connectivity index (χ3v) is 5.71. The summed E-state index contributed by atoms with van der Waals surface area (Å²) in [7, 11) is 0. The molecule has 0 atom stereocenters. The van der Waals surface area contributed by atoms with Gasteiger partial charge in [0.25, 0.3) is 5.91 Å². The Morgan fingerprint density at radius 1 is 1.14 bits per heavy atom. The lowest BCUT2D eigenvalue weighted by molar-refractivity contribution is 0.102. The van der Waals surface area contributed by atoms with Gasteiger partial charge in [0, 0.05) is 22.5 Å². The van der Waals surface area contributed by atoms with Crippen molar-refractivity contribution in [3.05, 3.63) is 87.7 Å². The molecule has 4 aromatic rings. The Bertz CT molecular complexity index is 1310. The summed E-state index contributed by atoms with van der Waals surface area (Å²) in [6.07, 6.45) is 0.